The molecule has 92 valence electrons. The van der Waals surface area contributed by atoms with Gasteiger partial charge in [0.05, 0.1) is 14.9 Å². The topological polar surface area (TPSA) is 38.1 Å². The zero-order chi connectivity index (χ0) is 12.5. The number of nitrogens with zero attached hydrogens (tertiary/aromatic N) is 1. The Morgan fingerprint density at radius 2 is 2.18 bits per heavy atom. The molecule has 17 heavy (non-hydrogen) atoms. The lowest BCUT2D eigenvalue weighted by atomic mass is 10.1. The first-order valence-electron chi connectivity index (χ1n) is 5.40. The molecule has 2 rings (SSSR count). The molecule has 0 aliphatic carbocycles. The second-order valence-corrected chi connectivity index (χ2v) is 6.60. The molecule has 2 aromatic rings. The summed E-state index contributed by atoms with van der Waals surface area (Å²) in [6, 6.07) is 5.74. The van der Waals surface area contributed by atoms with Crippen LogP contribution < -0.4 is 5.32 Å². The number of thiophene rings is 1. The van der Waals surface area contributed by atoms with Gasteiger partial charge in [-0.2, -0.15) is 0 Å². The summed E-state index contributed by atoms with van der Waals surface area (Å²) >= 11 is 7.37. The molecule has 0 amide bonds. The molecule has 0 unspecified atom stereocenters. The molecule has 2 aromatic heterocycles. The van der Waals surface area contributed by atoms with Crippen molar-refractivity contribution < 1.29 is 4.52 Å². The molecule has 0 aliphatic rings. The van der Waals surface area contributed by atoms with E-state index in [1.165, 1.54) is 11.3 Å². The maximum atomic E-state index is 5.88. The Morgan fingerprint density at radius 3 is 2.76 bits per heavy atom. The van der Waals surface area contributed by atoms with E-state index < -0.39 is 0 Å². The standard InChI is InChI=1S/C12H15ClN2OS/c1-12(2,3)14-7-8-6-9(16-15-8)10-4-5-11(13)17-10/h4-6,14H,7H2,1-3H3. The quantitative estimate of drug-likeness (QED) is 0.918. The number of rotatable bonds is 3. The summed E-state index contributed by atoms with van der Waals surface area (Å²) in [5.74, 6) is 0.771. The molecule has 1 N–H and O–H groups in total. The van der Waals surface area contributed by atoms with E-state index in [0.29, 0.717) is 6.54 Å². The van der Waals surface area contributed by atoms with Crippen LogP contribution in [0.3, 0.4) is 0 Å². The molecule has 0 radical (unpaired) electrons. The molecule has 0 spiro atoms. The lowest BCUT2D eigenvalue weighted by Gasteiger charge is -2.19. The molecule has 0 fully saturated rings. The van der Waals surface area contributed by atoms with Gasteiger partial charge in [0.2, 0.25) is 0 Å². The highest BCUT2D eigenvalue weighted by Gasteiger charge is 2.12. The number of halogens is 1. The second-order valence-electron chi connectivity index (χ2n) is 4.89. The maximum Gasteiger partial charge on any atom is 0.177 e. The van der Waals surface area contributed by atoms with Gasteiger partial charge in [-0.1, -0.05) is 16.8 Å². The van der Waals surface area contributed by atoms with Crippen molar-refractivity contribution in [3.05, 3.63) is 28.2 Å². The van der Waals surface area contributed by atoms with Crippen molar-refractivity contribution in [1.82, 2.24) is 10.5 Å². The summed E-state index contributed by atoms with van der Waals surface area (Å²) in [6.45, 7) is 7.05. The summed E-state index contributed by atoms with van der Waals surface area (Å²) in [5, 5.41) is 7.39. The van der Waals surface area contributed by atoms with Gasteiger partial charge >= 0.3 is 0 Å². The van der Waals surface area contributed by atoms with Crippen LogP contribution in [0.4, 0.5) is 0 Å². The molecule has 3 nitrogen and oxygen atoms in total. The molecule has 0 saturated heterocycles. The average Bonchev–Trinajstić information content (AvgIpc) is 2.81. The zero-order valence-electron chi connectivity index (χ0n) is 10.1. The van der Waals surface area contributed by atoms with Crippen LogP contribution in [0.15, 0.2) is 22.7 Å². The third-order valence-electron chi connectivity index (χ3n) is 2.17. The smallest absolute Gasteiger partial charge is 0.177 e. The predicted molar refractivity (Wildman–Crippen MR) is 71.4 cm³/mol. The van der Waals surface area contributed by atoms with Crippen molar-refractivity contribution >= 4 is 22.9 Å². The van der Waals surface area contributed by atoms with E-state index in [1.807, 2.05) is 18.2 Å². The Hall–Kier alpha value is -0.840. The van der Waals surface area contributed by atoms with Crippen LogP contribution in [0.5, 0.6) is 0 Å². The highest BCUT2D eigenvalue weighted by Crippen LogP contribution is 2.31. The van der Waals surface area contributed by atoms with Crippen LogP contribution in [0.2, 0.25) is 4.34 Å². The van der Waals surface area contributed by atoms with E-state index in [4.69, 9.17) is 16.1 Å². The molecule has 5 heteroatoms. The minimum atomic E-state index is 0.0748. The Kier molecular flexibility index (Phi) is 3.56. The maximum absolute atomic E-state index is 5.88. The van der Waals surface area contributed by atoms with Crippen molar-refractivity contribution in [2.45, 2.75) is 32.9 Å². The lowest BCUT2D eigenvalue weighted by Crippen LogP contribution is -2.35. The summed E-state index contributed by atoms with van der Waals surface area (Å²) in [7, 11) is 0. The molecule has 0 bridgehead atoms. The number of nitrogens with one attached hydrogen (secondary N) is 1. The normalized spacial score (nSPS) is 12.0. The van der Waals surface area contributed by atoms with E-state index in [0.717, 1.165) is 20.7 Å². The zero-order valence-corrected chi connectivity index (χ0v) is 11.7. The van der Waals surface area contributed by atoms with Gasteiger partial charge < -0.3 is 9.84 Å². The molecular formula is C12H15ClN2OS. The van der Waals surface area contributed by atoms with Crippen molar-refractivity contribution in [2.75, 3.05) is 0 Å². The largest absolute Gasteiger partial charge is 0.355 e. The molecular weight excluding hydrogens is 256 g/mol. The van der Waals surface area contributed by atoms with Gasteiger partial charge in [0.25, 0.3) is 0 Å². The van der Waals surface area contributed by atoms with Crippen molar-refractivity contribution in [1.29, 1.82) is 0 Å². The van der Waals surface area contributed by atoms with E-state index in [2.05, 4.69) is 31.2 Å². The van der Waals surface area contributed by atoms with E-state index in [9.17, 15) is 0 Å². The van der Waals surface area contributed by atoms with E-state index in [-0.39, 0.29) is 5.54 Å². The highest BCUT2D eigenvalue weighted by atomic mass is 35.5. The van der Waals surface area contributed by atoms with Crippen LogP contribution in [0, 0.1) is 0 Å². The van der Waals surface area contributed by atoms with Gasteiger partial charge in [0, 0.05) is 18.2 Å². The third-order valence-corrected chi connectivity index (χ3v) is 3.42. The Balaban J connectivity index is 2.06. The minimum absolute atomic E-state index is 0.0748. The van der Waals surface area contributed by atoms with Crippen molar-refractivity contribution in [3.8, 4) is 10.6 Å². The predicted octanol–water partition coefficient (Wildman–Crippen LogP) is 3.94. The fourth-order valence-corrected chi connectivity index (χ4v) is 2.31. The summed E-state index contributed by atoms with van der Waals surface area (Å²) in [5.41, 5.74) is 0.977. The van der Waals surface area contributed by atoms with Gasteiger partial charge in [-0.05, 0) is 32.9 Å². The molecule has 0 saturated carbocycles. The van der Waals surface area contributed by atoms with Crippen LogP contribution >= 0.6 is 22.9 Å². The van der Waals surface area contributed by atoms with E-state index in [1.54, 1.807) is 0 Å². The third kappa shape index (κ3) is 3.56. The van der Waals surface area contributed by atoms with Crippen LogP contribution in [-0.4, -0.2) is 10.7 Å². The summed E-state index contributed by atoms with van der Waals surface area (Å²) in [4.78, 5) is 1.00. The van der Waals surface area contributed by atoms with Crippen LogP contribution in [-0.2, 0) is 6.54 Å². The highest BCUT2D eigenvalue weighted by molar-refractivity contribution is 7.19. The van der Waals surface area contributed by atoms with Crippen molar-refractivity contribution in [3.63, 3.8) is 0 Å². The average molecular weight is 271 g/mol. The number of hydrogen-bond donors (Lipinski definition) is 1. The fourth-order valence-electron chi connectivity index (χ4n) is 1.31. The van der Waals surface area contributed by atoms with Crippen LogP contribution in [0.25, 0.3) is 10.6 Å². The number of hydrogen-bond acceptors (Lipinski definition) is 4. The Morgan fingerprint density at radius 1 is 1.41 bits per heavy atom. The van der Waals surface area contributed by atoms with Gasteiger partial charge in [-0.15, -0.1) is 11.3 Å². The monoisotopic (exact) mass is 270 g/mol. The Bertz CT molecular complexity index is 499. The molecule has 0 aliphatic heterocycles. The molecule has 2 heterocycles. The minimum Gasteiger partial charge on any atom is -0.355 e. The van der Waals surface area contributed by atoms with Gasteiger partial charge in [-0.3, -0.25) is 0 Å². The first kappa shape index (κ1) is 12.6. The van der Waals surface area contributed by atoms with E-state index >= 15 is 0 Å². The fraction of sp³-hybridized carbons (Fsp3) is 0.417. The summed E-state index contributed by atoms with van der Waals surface area (Å²) in [6.07, 6.45) is 0. The second kappa shape index (κ2) is 4.80. The molecule has 0 aromatic carbocycles. The first-order valence-corrected chi connectivity index (χ1v) is 6.60. The van der Waals surface area contributed by atoms with Gasteiger partial charge in [-0.25, -0.2) is 0 Å². The van der Waals surface area contributed by atoms with Gasteiger partial charge in [0.1, 0.15) is 0 Å². The van der Waals surface area contributed by atoms with Crippen LogP contribution in [0.1, 0.15) is 26.5 Å². The first-order chi connectivity index (χ1) is 7.94. The number of aromatic nitrogens is 1. The van der Waals surface area contributed by atoms with Gasteiger partial charge in [0.15, 0.2) is 5.76 Å². The summed E-state index contributed by atoms with van der Waals surface area (Å²) < 4.78 is 6.05. The molecule has 0 atom stereocenters. The Labute approximate surface area is 110 Å². The van der Waals surface area contributed by atoms with Crippen molar-refractivity contribution in [2.24, 2.45) is 0 Å². The SMILES string of the molecule is CC(C)(C)NCc1cc(-c2ccc(Cl)s2)on1. The lowest BCUT2D eigenvalue weighted by molar-refractivity contribution is 0.393.